The summed E-state index contributed by atoms with van der Waals surface area (Å²) in [5.74, 6) is 0. The first-order valence-electron chi connectivity index (χ1n) is 7.08. The van der Waals surface area contributed by atoms with Crippen LogP contribution in [0.5, 0.6) is 0 Å². The van der Waals surface area contributed by atoms with Crippen LogP contribution in [-0.4, -0.2) is 57.8 Å². The molecular weight excluding hydrogens is 256 g/mol. The molecule has 1 atom stereocenters. The molecule has 5 heteroatoms. The van der Waals surface area contributed by atoms with Gasteiger partial charge in [-0.3, -0.25) is 0 Å². The maximum Gasteiger partial charge on any atom is 0.0642 e. The average molecular weight is 280 g/mol. The smallest absolute Gasteiger partial charge is 0.0642 e. The maximum absolute atomic E-state index is 9.19. The Morgan fingerprint density at radius 2 is 2.00 bits per heavy atom. The van der Waals surface area contributed by atoms with E-state index >= 15 is 0 Å². The molecule has 0 spiro atoms. The SMILES string of the molecule is COCC(CO)NCc1ccc(N2CCOCC2)cc1. The van der Waals surface area contributed by atoms with E-state index in [0.717, 1.165) is 32.8 Å². The minimum atomic E-state index is -0.0149. The predicted molar refractivity (Wildman–Crippen MR) is 79.1 cm³/mol. The summed E-state index contributed by atoms with van der Waals surface area (Å²) >= 11 is 0. The third-order valence-corrected chi connectivity index (χ3v) is 3.50. The molecule has 1 saturated heterocycles. The number of aliphatic hydroxyl groups is 1. The number of nitrogens with one attached hydrogen (secondary N) is 1. The van der Waals surface area contributed by atoms with Crippen LogP contribution in [-0.2, 0) is 16.0 Å². The van der Waals surface area contributed by atoms with Crippen LogP contribution in [0.3, 0.4) is 0 Å². The van der Waals surface area contributed by atoms with Crippen molar-refractivity contribution >= 4 is 5.69 Å². The molecule has 1 aromatic carbocycles. The zero-order chi connectivity index (χ0) is 14.2. The topological polar surface area (TPSA) is 54.0 Å². The Labute approximate surface area is 120 Å². The Kier molecular flexibility index (Phi) is 6.26. The van der Waals surface area contributed by atoms with E-state index in [9.17, 15) is 5.11 Å². The van der Waals surface area contributed by atoms with Crippen molar-refractivity contribution in [1.82, 2.24) is 5.32 Å². The van der Waals surface area contributed by atoms with Crippen LogP contribution >= 0.6 is 0 Å². The molecule has 0 saturated carbocycles. The van der Waals surface area contributed by atoms with Gasteiger partial charge >= 0.3 is 0 Å². The molecule has 1 aromatic rings. The lowest BCUT2D eigenvalue weighted by Crippen LogP contribution is -2.36. The van der Waals surface area contributed by atoms with Gasteiger partial charge in [0.15, 0.2) is 0 Å². The summed E-state index contributed by atoms with van der Waals surface area (Å²) in [7, 11) is 1.64. The van der Waals surface area contributed by atoms with Crippen LogP contribution in [0.15, 0.2) is 24.3 Å². The monoisotopic (exact) mass is 280 g/mol. The second-order valence-electron chi connectivity index (χ2n) is 4.98. The average Bonchev–Trinajstić information content (AvgIpc) is 2.53. The summed E-state index contributed by atoms with van der Waals surface area (Å²) in [6, 6.07) is 8.52. The van der Waals surface area contributed by atoms with E-state index in [1.165, 1.54) is 11.3 Å². The van der Waals surface area contributed by atoms with E-state index in [0.29, 0.717) is 6.61 Å². The van der Waals surface area contributed by atoms with Gasteiger partial charge in [0, 0.05) is 32.4 Å². The molecule has 1 heterocycles. The quantitative estimate of drug-likeness (QED) is 0.767. The van der Waals surface area contributed by atoms with Gasteiger partial charge in [0.25, 0.3) is 0 Å². The molecule has 0 amide bonds. The minimum absolute atomic E-state index is 0.0149. The number of aliphatic hydroxyl groups excluding tert-OH is 1. The molecule has 20 heavy (non-hydrogen) atoms. The molecule has 5 nitrogen and oxygen atoms in total. The van der Waals surface area contributed by atoms with Crippen LogP contribution in [0.2, 0.25) is 0 Å². The number of ether oxygens (including phenoxy) is 2. The van der Waals surface area contributed by atoms with Gasteiger partial charge in [0.05, 0.1) is 32.5 Å². The van der Waals surface area contributed by atoms with Gasteiger partial charge in [-0.05, 0) is 17.7 Å². The fraction of sp³-hybridized carbons (Fsp3) is 0.600. The van der Waals surface area contributed by atoms with Crippen molar-refractivity contribution in [2.45, 2.75) is 12.6 Å². The van der Waals surface area contributed by atoms with Gasteiger partial charge in [-0.25, -0.2) is 0 Å². The molecule has 0 bridgehead atoms. The number of anilines is 1. The lowest BCUT2D eigenvalue weighted by atomic mass is 10.1. The first-order valence-corrected chi connectivity index (χ1v) is 7.08. The van der Waals surface area contributed by atoms with E-state index in [1.807, 2.05) is 0 Å². The third-order valence-electron chi connectivity index (χ3n) is 3.50. The van der Waals surface area contributed by atoms with Crippen LogP contribution in [0.4, 0.5) is 5.69 Å². The van der Waals surface area contributed by atoms with Crippen molar-refractivity contribution in [3.05, 3.63) is 29.8 Å². The number of morpholine rings is 1. The van der Waals surface area contributed by atoms with Crippen LogP contribution in [0, 0.1) is 0 Å². The minimum Gasteiger partial charge on any atom is -0.395 e. The summed E-state index contributed by atoms with van der Waals surface area (Å²) < 4.78 is 10.4. The van der Waals surface area contributed by atoms with Crippen molar-refractivity contribution < 1.29 is 14.6 Å². The third kappa shape index (κ3) is 4.45. The maximum atomic E-state index is 9.19. The molecule has 1 fully saturated rings. The van der Waals surface area contributed by atoms with Gasteiger partial charge in [-0.2, -0.15) is 0 Å². The normalized spacial score (nSPS) is 17.2. The number of methoxy groups -OCH3 is 1. The Balaban J connectivity index is 1.84. The molecule has 0 aliphatic carbocycles. The molecular formula is C15H24N2O3. The highest BCUT2D eigenvalue weighted by atomic mass is 16.5. The first kappa shape index (κ1) is 15.3. The highest BCUT2D eigenvalue weighted by Gasteiger charge is 2.11. The van der Waals surface area contributed by atoms with Crippen molar-refractivity contribution in [2.75, 3.05) is 51.5 Å². The van der Waals surface area contributed by atoms with E-state index in [4.69, 9.17) is 9.47 Å². The number of nitrogens with zero attached hydrogens (tertiary/aromatic N) is 1. The molecule has 0 radical (unpaired) electrons. The lowest BCUT2D eigenvalue weighted by Gasteiger charge is -2.29. The van der Waals surface area contributed by atoms with E-state index < -0.39 is 0 Å². The summed E-state index contributed by atoms with van der Waals surface area (Å²) in [6.45, 7) is 4.85. The van der Waals surface area contributed by atoms with Gasteiger partial charge in [-0.1, -0.05) is 12.1 Å². The molecule has 2 rings (SSSR count). The van der Waals surface area contributed by atoms with Gasteiger partial charge < -0.3 is 24.8 Å². The fourth-order valence-corrected chi connectivity index (χ4v) is 2.29. The van der Waals surface area contributed by atoms with Gasteiger partial charge in [0.1, 0.15) is 0 Å². The molecule has 1 aliphatic rings. The molecule has 0 aromatic heterocycles. The van der Waals surface area contributed by atoms with Crippen LogP contribution in [0.25, 0.3) is 0 Å². The first-order chi connectivity index (χ1) is 9.83. The second-order valence-corrected chi connectivity index (χ2v) is 4.98. The van der Waals surface area contributed by atoms with Crippen LogP contribution < -0.4 is 10.2 Å². The Hall–Kier alpha value is -1.14. The number of rotatable bonds is 7. The van der Waals surface area contributed by atoms with Crippen molar-refractivity contribution in [3.8, 4) is 0 Å². The van der Waals surface area contributed by atoms with Gasteiger partial charge in [0.2, 0.25) is 0 Å². The summed E-state index contributed by atoms with van der Waals surface area (Å²) in [6.07, 6.45) is 0. The zero-order valence-electron chi connectivity index (χ0n) is 12.0. The molecule has 2 N–H and O–H groups in total. The van der Waals surface area contributed by atoms with Crippen molar-refractivity contribution in [2.24, 2.45) is 0 Å². The Bertz CT molecular complexity index is 377. The van der Waals surface area contributed by atoms with Crippen molar-refractivity contribution in [1.29, 1.82) is 0 Å². The second kappa shape index (κ2) is 8.21. The van der Waals surface area contributed by atoms with Crippen molar-refractivity contribution in [3.63, 3.8) is 0 Å². The highest BCUT2D eigenvalue weighted by molar-refractivity contribution is 5.47. The Morgan fingerprint density at radius 1 is 1.30 bits per heavy atom. The van der Waals surface area contributed by atoms with Crippen LogP contribution in [0.1, 0.15) is 5.56 Å². The van der Waals surface area contributed by atoms with E-state index in [2.05, 4.69) is 34.5 Å². The summed E-state index contributed by atoms with van der Waals surface area (Å²) in [4.78, 5) is 2.34. The largest absolute Gasteiger partial charge is 0.395 e. The fourth-order valence-electron chi connectivity index (χ4n) is 2.29. The molecule has 1 aliphatic heterocycles. The molecule has 112 valence electrons. The summed E-state index contributed by atoms with van der Waals surface area (Å²) in [5, 5.41) is 12.5. The summed E-state index contributed by atoms with van der Waals surface area (Å²) in [5.41, 5.74) is 2.45. The van der Waals surface area contributed by atoms with Gasteiger partial charge in [-0.15, -0.1) is 0 Å². The number of hydrogen-bond acceptors (Lipinski definition) is 5. The zero-order valence-corrected chi connectivity index (χ0v) is 12.0. The predicted octanol–water partition coefficient (Wildman–Crippen LogP) is 0.620. The number of benzene rings is 1. The Morgan fingerprint density at radius 3 is 2.60 bits per heavy atom. The number of hydrogen-bond donors (Lipinski definition) is 2. The standard InChI is InChI=1S/C15H24N2O3/c1-19-12-14(11-18)16-10-13-2-4-15(5-3-13)17-6-8-20-9-7-17/h2-5,14,16,18H,6-12H2,1H3. The lowest BCUT2D eigenvalue weighted by molar-refractivity contribution is 0.122. The van der Waals surface area contributed by atoms with E-state index in [-0.39, 0.29) is 12.6 Å². The highest BCUT2D eigenvalue weighted by Crippen LogP contribution is 2.16. The van der Waals surface area contributed by atoms with E-state index in [1.54, 1.807) is 7.11 Å². The molecule has 1 unspecified atom stereocenters.